The Balaban J connectivity index is 2.78. The van der Waals surface area contributed by atoms with Crippen molar-refractivity contribution in [2.75, 3.05) is 19.1 Å². The number of urea groups is 1. The van der Waals surface area contributed by atoms with E-state index < -0.39 is 35.6 Å². The maximum atomic E-state index is 12.6. The lowest BCUT2D eigenvalue weighted by atomic mass is 10.1. The van der Waals surface area contributed by atoms with Gasteiger partial charge in [0.2, 0.25) is 0 Å². The van der Waals surface area contributed by atoms with Gasteiger partial charge in [-0.05, 0) is 42.7 Å². The average molecular weight is 392 g/mol. The molecule has 1 aromatic carbocycles. The van der Waals surface area contributed by atoms with Crippen LogP contribution in [0.4, 0.5) is 18.0 Å². The number of amides is 4. The molecule has 0 radical (unpaired) electrons. The first-order valence-corrected chi connectivity index (χ1v) is 8.83. The number of carbonyl (C=O) groups is 3. The van der Waals surface area contributed by atoms with Crippen LogP contribution in [-0.2, 0) is 11.0 Å². The third-order valence-corrected chi connectivity index (χ3v) is 3.88. The van der Waals surface area contributed by atoms with E-state index in [0.29, 0.717) is 5.75 Å². The van der Waals surface area contributed by atoms with Crippen LogP contribution in [0.2, 0.25) is 0 Å². The Bertz CT molecular complexity index is 638. The number of rotatable bonds is 6. The summed E-state index contributed by atoms with van der Waals surface area (Å²) in [6, 6.07) is 2.04. The predicted octanol–water partition coefficient (Wildman–Crippen LogP) is 1.52. The van der Waals surface area contributed by atoms with Gasteiger partial charge in [0, 0.05) is 12.6 Å². The zero-order valence-corrected chi connectivity index (χ0v) is 14.9. The number of alkyl halides is 3. The molecule has 0 saturated carbocycles. The van der Waals surface area contributed by atoms with Crippen molar-refractivity contribution >= 4 is 29.6 Å². The van der Waals surface area contributed by atoms with Crippen molar-refractivity contribution in [3.05, 3.63) is 35.4 Å². The first kappa shape index (κ1) is 21.6. The third-order valence-electron chi connectivity index (χ3n) is 3.23. The van der Waals surface area contributed by atoms with Crippen molar-refractivity contribution < 1.29 is 27.6 Å². The normalized spacial score (nSPS) is 12.0. The van der Waals surface area contributed by atoms with Gasteiger partial charge in [0.1, 0.15) is 6.04 Å². The number of nitrogens with one attached hydrogen (secondary N) is 4. The number of hydrazine groups is 1. The molecule has 0 fully saturated rings. The largest absolute Gasteiger partial charge is 0.416 e. The minimum Gasteiger partial charge on any atom is -0.340 e. The number of hydrogen-bond donors (Lipinski definition) is 4. The first-order chi connectivity index (χ1) is 12.2. The van der Waals surface area contributed by atoms with E-state index >= 15 is 0 Å². The van der Waals surface area contributed by atoms with E-state index in [9.17, 15) is 27.6 Å². The summed E-state index contributed by atoms with van der Waals surface area (Å²) < 4.78 is 37.7. The fourth-order valence-corrected chi connectivity index (χ4v) is 2.30. The van der Waals surface area contributed by atoms with Crippen molar-refractivity contribution in [3.8, 4) is 0 Å². The van der Waals surface area contributed by atoms with Crippen molar-refractivity contribution in [1.29, 1.82) is 0 Å². The maximum absolute atomic E-state index is 12.6. The Morgan fingerprint density at radius 2 is 1.73 bits per heavy atom. The molecular formula is C15H19F3N4O3S. The van der Waals surface area contributed by atoms with Crippen LogP contribution in [0.1, 0.15) is 22.3 Å². The minimum atomic E-state index is -4.50. The second kappa shape index (κ2) is 9.90. The summed E-state index contributed by atoms with van der Waals surface area (Å²) in [4.78, 5) is 35.4. The van der Waals surface area contributed by atoms with Gasteiger partial charge >= 0.3 is 12.2 Å². The highest BCUT2D eigenvalue weighted by Crippen LogP contribution is 2.29. The molecule has 11 heteroatoms. The molecule has 0 spiro atoms. The monoisotopic (exact) mass is 392 g/mol. The highest BCUT2D eigenvalue weighted by molar-refractivity contribution is 7.98. The van der Waals surface area contributed by atoms with E-state index in [2.05, 4.69) is 21.5 Å². The zero-order chi connectivity index (χ0) is 19.7. The SMILES string of the molecule is CNC(=O)NNC(=O)C(CCSC)NC(=O)c1ccc(C(F)(F)F)cc1. The Hall–Kier alpha value is -2.43. The topological polar surface area (TPSA) is 99.3 Å². The van der Waals surface area contributed by atoms with E-state index in [1.165, 1.54) is 18.8 Å². The number of benzene rings is 1. The second-order valence-corrected chi connectivity index (χ2v) is 6.06. The van der Waals surface area contributed by atoms with E-state index in [0.717, 1.165) is 24.3 Å². The van der Waals surface area contributed by atoms with E-state index in [-0.39, 0.29) is 12.0 Å². The maximum Gasteiger partial charge on any atom is 0.416 e. The molecule has 0 aliphatic rings. The quantitative estimate of drug-likeness (QED) is 0.552. The van der Waals surface area contributed by atoms with Gasteiger partial charge in [-0.3, -0.25) is 15.0 Å². The summed E-state index contributed by atoms with van der Waals surface area (Å²) in [5, 5.41) is 4.69. The van der Waals surface area contributed by atoms with Gasteiger partial charge in [-0.1, -0.05) is 0 Å². The second-order valence-electron chi connectivity index (χ2n) is 5.08. The molecule has 4 N–H and O–H groups in total. The third kappa shape index (κ3) is 6.82. The van der Waals surface area contributed by atoms with Gasteiger partial charge in [0.15, 0.2) is 0 Å². The molecule has 0 bridgehead atoms. The first-order valence-electron chi connectivity index (χ1n) is 7.43. The summed E-state index contributed by atoms with van der Waals surface area (Å²) in [6.45, 7) is 0. The molecule has 0 heterocycles. The summed E-state index contributed by atoms with van der Waals surface area (Å²) >= 11 is 1.45. The fourth-order valence-electron chi connectivity index (χ4n) is 1.82. The number of hydrogen-bond acceptors (Lipinski definition) is 4. The van der Waals surface area contributed by atoms with Crippen LogP contribution in [-0.4, -0.2) is 42.9 Å². The van der Waals surface area contributed by atoms with Gasteiger partial charge in [-0.2, -0.15) is 24.9 Å². The molecule has 0 saturated heterocycles. The molecule has 1 unspecified atom stereocenters. The molecule has 4 amide bonds. The molecular weight excluding hydrogens is 373 g/mol. The molecule has 0 aliphatic heterocycles. The summed E-state index contributed by atoms with van der Waals surface area (Å²) in [7, 11) is 1.36. The Morgan fingerprint density at radius 1 is 1.12 bits per heavy atom. The van der Waals surface area contributed by atoms with Crippen LogP contribution >= 0.6 is 11.8 Å². The minimum absolute atomic E-state index is 0.0146. The average Bonchev–Trinajstić information content (AvgIpc) is 2.61. The number of carbonyl (C=O) groups excluding carboxylic acids is 3. The van der Waals surface area contributed by atoms with E-state index in [1.807, 2.05) is 6.26 Å². The fraction of sp³-hybridized carbons (Fsp3) is 0.400. The summed E-state index contributed by atoms with van der Waals surface area (Å²) in [5.74, 6) is -0.798. The number of thioether (sulfide) groups is 1. The van der Waals surface area contributed by atoms with Crippen LogP contribution in [0.5, 0.6) is 0 Å². The Labute approximate surface area is 152 Å². The van der Waals surface area contributed by atoms with Gasteiger partial charge in [0.25, 0.3) is 11.8 Å². The van der Waals surface area contributed by atoms with Crippen molar-refractivity contribution in [2.45, 2.75) is 18.6 Å². The van der Waals surface area contributed by atoms with E-state index in [4.69, 9.17) is 0 Å². The molecule has 1 atom stereocenters. The lowest BCUT2D eigenvalue weighted by molar-refractivity contribution is -0.137. The Kier molecular flexibility index (Phi) is 8.23. The highest BCUT2D eigenvalue weighted by Gasteiger charge is 2.30. The molecule has 26 heavy (non-hydrogen) atoms. The molecule has 0 aromatic heterocycles. The van der Waals surface area contributed by atoms with Crippen LogP contribution < -0.4 is 21.5 Å². The smallest absolute Gasteiger partial charge is 0.340 e. The van der Waals surface area contributed by atoms with Crippen LogP contribution in [0.15, 0.2) is 24.3 Å². The van der Waals surface area contributed by atoms with Crippen LogP contribution in [0.3, 0.4) is 0 Å². The van der Waals surface area contributed by atoms with E-state index in [1.54, 1.807) is 0 Å². The van der Waals surface area contributed by atoms with Crippen molar-refractivity contribution in [1.82, 2.24) is 21.5 Å². The van der Waals surface area contributed by atoms with Gasteiger partial charge < -0.3 is 10.6 Å². The lowest BCUT2D eigenvalue weighted by Crippen LogP contribution is -2.54. The lowest BCUT2D eigenvalue weighted by Gasteiger charge is -2.18. The predicted molar refractivity (Wildman–Crippen MR) is 91.4 cm³/mol. The van der Waals surface area contributed by atoms with Gasteiger partial charge in [0.05, 0.1) is 5.56 Å². The molecule has 1 rings (SSSR count). The molecule has 0 aliphatic carbocycles. The highest BCUT2D eigenvalue weighted by atomic mass is 32.2. The molecule has 1 aromatic rings. The van der Waals surface area contributed by atoms with Crippen molar-refractivity contribution in [2.24, 2.45) is 0 Å². The van der Waals surface area contributed by atoms with Crippen molar-refractivity contribution in [3.63, 3.8) is 0 Å². The van der Waals surface area contributed by atoms with Gasteiger partial charge in [-0.25, -0.2) is 10.2 Å². The summed E-state index contributed by atoms with van der Waals surface area (Å²) in [5.41, 5.74) is 3.36. The van der Waals surface area contributed by atoms with Crippen LogP contribution in [0.25, 0.3) is 0 Å². The number of halogens is 3. The van der Waals surface area contributed by atoms with Crippen LogP contribution in [0, 0.1) is 0 Å². The summed E-state index contributed by atoms with van der Waals surface area (Å²) in [6.07, 6.45) is -2.41. The molecule has 7 nitrogen and oxygen atoms in total. The zero-order valence-electron chi connectivity index (χ0n) is 14.1. The standard InChI is InChI=1S/C15H19F3N4O3S/c1-19-14(25)22-21-13(24)11(7-8-26-2)20-12(23)9-3-5-10(6-4-9)15(16,17)18/h3-6,11H,7-8H2,1-2H3,(H,20,23)(H,21,24)(H2,19,22,25). The molecule has 144 valence electrons. The van der Waals surface area contributed by atoms with Gasteiger partial charge in [-0.15, -0.1) is 0 Å². The Morgan fingerprint density at radius 3 is 2.23 bits per heavy atom.